The van der Waals surface area contributed by atoms with Gasteiger partial charge in [0, 0.05) is 10.6 Å². The Morgan fingerprint density at radius 1 is 0.880 bits per heavy atom. The number of carbonyl (C=O) groups is 1. The number of nitrogens with one attached hydrogen (secondary N) is 1. The SMILES string of the molecule is O=C(NCCOc1ccc(Cl)cc1)c1ccccc1-c1ccccc1. The molecule has 0 heterocycles. The van der Waals surface area contributed by atoms with Crippen LogP contribution in [0.1, 0.15) is 10.4 Å². The zero-order valence-electron chi connectivity index (χ0n) is 13.6. The Labute approximate surface area is 152 Å². The molecule has 0 bridgehead atoms. The van der Waals surface area contributed by atoms with Crippen LogP contribution in [0, 0.1) is 0 Å². The predicted molar refractivity (Wildman–Crippen MR) is 101 cm³/mol. The lowest BCUT2D eigenvalue weighted by Gasteiger charge is -2.11. The summed E-state index contributed by atoms with van der Waals surface area (Å²) in [6.45, 7) is 0.811. The molecule has 0 saturated heterocycles. The van der Waals surface area contributed by atoms with Crippen LogP contribution in [0.4, 0.5) is 0 Å². The van der Waals surface area contributed by atoms with E-state index in [0.717, 1.165) is 16.9 Å². The molecule has 0 atom stereocenters. The van der Waals surface area contributed by atoms with Gasteiger partial charge in [0.1, 0.15) is 12.4 Å². The molecule has 0 aliphatic heterocycles. The summed E-state index contributed by atoms with van der Waals surface area (Å²) in [4.78, 5) is 12.5. The predicted octanol–water partition coefficient (Wildman–Crippen LogP) is 4.82. The third-order valence-electron chi connectivity index (χ3n) is 3.73. The maximum absolute atomic E-state index is 12.5. The molecule has 3 rings (SSSR count). The molecule has 1 amide bonds. The number of hydrogen-bond donors (Lipinski definition) is 1. The summed E-state index contributed by atoms with van der Waals surface area (Å²) in [6.07, 6.45) is 0. The lowest BCUT2D eigenvalue weighted by molar-refractivity contribution is 0.0947. The fraction of sp³-hybridized carbons (Fsp3) is 0.0952. The van der Waals surface area contributed by atoms with Gasteiger partial charge in [-0.1, -0.05) is 60.1 Å². The Hall–Kier alpha value is -2.78. The minimum Gasteiger partial charge on any atom is -0.492 e. The van der Waals surface area contributed by atoms with E-state index in [1.807, 2.05) is 54.6 Å². The normalized spacial score (nSPS) is 10.3. The van der Waals surface area contributed by atoms with E-state index < -0.39 is 0 Å². The molecule has 0 aromatic heterocycles. The Morgan fingerprint density at radius 2 is 1.56 bits per heavy atom. The van der Waals surface area contributed by atoms with Crippen LogP contribution in [0.3, 0.4) is 0 Å². The lowest BCUT2D eigenvalue weighted by Crippen LogP contribution is -2.28. The first-order valence-electron chi connectivity index (χ1n) is 8.05. The van der Waals surface area contributed by atoms with Gasteiger partial charge in [0.2, 0.25) is 0 Å². The summed E-state index contributed by atoms with van der Waals surface area (Å²) in [5.41, 5.74) is 2.59. The van der Waals surface area contributed by atoms with E-state index in [-0.39, 0.29) is 5.91 Å². The first-order valence-corrected chi connectivity index (χ1v) is 8.43. The smallest absolute Gasteiger partial charge is 0.252 e. The third-order valence-corrected chi connectivity index (χ3v) is 3.98. The summed E-state index contributed by atoms with van der Waals surface area (Å²) in [5, 5.41) is 3.57. The van der Waals surface area contributed by atoms with E-state index in [0.29, 0.717) is 23.7 Å². The van der Waals surface area contributed by atoms with E-state index in [1.54, 1.807) is 24.3 Å². The quantitative estimate of drug-likeness (QED) is 0.647. The van der Waals surface area contributed by atoms with Crippen LogP contribution < -0.4 is 10.1 Å². The highest BCUT2D eigenvalue weighted by Crippen LogP contribution is 2.23. The average molecular weight is 352 g/mol. The van der Waals surface area contributed by atoms with E-state index >= 15 is 0 Å². The summed E-state index contributed by atoms with van der Waals surface area (Å²) >= 11 is 5.84. The molecule has 0 unspecified atom stereocenters. The molecule has 0 fully saturated rings. The molecule has 0 aliphatic carbocycles. The second-order valence-electron chi connectivity index (χ2n) is 5.47. The second kappa shape index (κ2) is 8.36. The maximum atomic E-state index is 12.5. The fourth-order valence-corrected chi connectivity index (χ4v) is 2.64. The number of ether oxygens (including phenoxy) is 1. The Morgan fingerprint density at radius 3 is 2.32 bits per heavy atom. The largest absolute Gasteiger partial charge is 0.492 e. The number of hydrogen-bond acceptors (Lipinski definition) is 2. The number of benzene rings is 3. The van der Waals surface area contributed by atoms with Crippen molar-refractivity contribution < 1.29 is 9.53 Å². The van der Waals surface area contributed by atoms with Crippen molar-refractivity contribution in [2.45, 2.75) is 0 Å². The molecular weight excluding hydrogens is 334 g/mol. The van der Waals surface area contributed by atoms with E-state index in [1.165, 1.54) is 0 Å². The van der Waals surface area contributed by atoms with Gasteiger partial charge in [-0.15, -0.1) is 0 Å². The molecule has 4 heteroatoms. The van der Waals surface area contributed by atoms with Gasteiger partial charge in [0.25, 0.3) is 5.91 Å². The van der Waals surface area contributed by atoms with Crippen molar-refractivity contribution in [3.8, 4) is 16.9 Å². The summed E-state index contributed by atoms with van der Waals surface area (Å²) in [6, 6.07) is 24.6. The number of amides is 1. The van der Waals surface area contributed by atoms with Crippen molar-refractivity contribution in [2.24, 2.45) is 0 Å². The van der Waals surface area contributed by atoms with Crippen molar-refractivity contribution in [1.29, 1.82) is 0 Å². The van der Waals surface area contributed by atoms with Gasteiger partial charge in [0.15, 0.2) is 0 Å². The van der Waals surface area contributed by atoms with Crippen LogP contribution in [0.5, 0.6) is 5.75 Å². The number of halogens is 1. The van der Waals surface area contributed by atoms with Crippen molar-refractivity contribution in [3.05, 3.63) is 89.4 Å². The first kappa shape index (κ1) is 17.1. The molecule has 3 nitrogen and oxygen atoms in total. The zero-order valence-corrected chi connectivity index (χ0v) is 14.4. The molecule has 126 valence electrons. The van der Waals surface area contributed by atoms with Crippen LogP contribution >= 0.6 is 11.6 Å². The maximum Gasteiger partial charge on any atom is 0.252 e. The molecule has 25 heavy (non-hydrogen) atoms. The highest BCUT2D eigenvalue weighted by Gasteiger charge is 2.11. The highest BCUT2D eigenvalue weighted by molar-refractivity contribution is 6.30. The van der Waals surface area contributed by atoms with Gasteiger partial charge < -0.3 is 10.1 Å². The van der Waals surface area contributed by atoms with Gasteiger partial charge in [-0.2, -0.15) is 0 Å². The third kappa shape index (κ3) is 4.61. The standard InChI is InChI=1S/C21H18ClNO2/c22-17-10-12-18(13-11-17)25-15-14-23-21(24)20-9-5-4-8-19(20)16-6-2-1-3-7-16/h1-13H,14-15H2,(H,23,24). The van der Waals surface area contributed by atoms with Gasteiger partial charge in [-0.3, -0.25) is 4.79 Å². The molecule has 0 radical (unpaired) electrons. The summed E-state index contributed by atoms with van der Waals surface area (Å²) < 4.78 is 5.59. The topological polar surface area (TPSA) is 38.3 Å². The van der Waals surface area contributed by atoms with Crippen LogP contribution in [-0.2, 0) is 0 Å². The van der Waals surface area contributed by atoms with Gasteiger partial charge in [-0.25, -0.2) is 0 Å². The minimum absolute atomic E-state index is 0.112. The van der Waals surface area contributed by atoms with Crippen molar-refractivity contribution >= 4 is 17.5 Å². The van der Waals surface area contributed by atoms with Crippen LogP contribution in [0.25, 0.3) is 11.1 Å². The first-order chi connectivity index (χ1) is 12.2. The summed E-state index contributed by atoms with van der Waals surface area (Å²) in [7, 11) is 0. The monoisotopic (exact) mass is 351 g/mol. The molecule has 3 aromatic carbocycles. The average Bonchev–Trinajstić information content (AvgIpc) is 2.67. The van der Waals surface area contributed by atoms with Crippen molar-refractivity contribution in [3.63, 3.8) is 0 Å². The molecular formula is C21H18ClNO2. The van der Waals surface area contributed by atoms with Crippen molar-refractivity contribution in [1.82, 2.24) is 5.32 Å². The van der Waals surface area contributed by atoms with E-state index in [9.17, 15) is 4.79 Å². The van der Waals surface area contributed by atoms with Gasteiger partial charge in [0.05, 0.1) is 6.54 Å². The molecule has 3 aromatic rings. The van der Waals surface area contributed by atoms with E-state index in [2.05, 4.69) is 5.32 Å². The second-order valence-corrected chi connectivity index (χ2v) is 5.91. The van der Waals surface area contributed by atoms with Gasteiger partial charge in [-0.05, 0) is 41.5 Å². The molecule has 0 aliphatic rings. The van der Waals surface area contributed by atoms with Gasteiger partial charge >= 0.3 is 0 Å². The zero-order chi connectivity index (χ0) is 17.5. The number of rotatable bonds is 6. The summed E-state index contributed by atoms with van der Waals surface area (Å²) in [5.74, 6) is 0.613. The van der Waals surface area contributed by atoms with Crippen LogP contribution in [0.15, 0.2) is 78.9 Å². The fourth-order valence-electron chi connectivity index (χ4n) is 2.51. The molecule has 1 N–H and O–H groups in total. The van der Waals surface area contributed by atoms with E-state index in [4.69, 9.17) is 16.3 Å². The highest BCUT2D eigenvalue weighted by atomic mass is 35.5. The minimum atomic E-state index is -0.112. The Bertz CT molecular complexity index is 832. The van der Waals surface area contributed by atoms with Crippen LogP contribution in [0.2, 0.25) is 5.02 Å². The number of carbonyl (C=O) groups excluding carboxylic acids is 1. The molecule has 0 spiro atoms. The lowest BCUT2D eigenvalue weighted by atomic mass is 9.99. The Balaban J connectivity index is 1.59. The Kier molecular flexibility index (Phi) is 5.70. The van der Waals surface area contributed by atoms with Crippen LogP contribution in [-0.4, -0.2) is 19.1 Å². The van der Waals surface area contributed by atoms with Crippen molar-refractivity contribution in [2.75, 3.05) is 13.2 Å². The molecule has 0 saturated carbocycles.